The molecule has 6 nitrogen and oxygen atoms in total. The van der Waals surface area contributed by atoms with Crippen molar-refractivity contribution >= 4 is 46.6 Å². The van der Waals surface area contributed by atoms with Crippen LogP contribution in [0.4, 0.5) is 17.2 Å². The normalized spacial score (nSPS) is 12.6. The van der Waals surface area contributed by atoms with Gasteiger partial charge in [-0.2, -0.15) is 10.5 Å². The summed E-state index contributed by atoms with van der Waals surface area (Å²) in [6, 6.07) is 27.5. The molecule has 5 rings (SSSR count). The first-order chi connectivity index (χ1) is 17.9. The van der Waals surface area contributed by atoms with Crippen LogP contribution >= 0.6 is 23.5 Å². The van der Waals surface area contributed by atoms with E-state index in [-0.39, 0.29) is 22.9 Å². The number of aromatic nitrogens is 1. The van der Waals surface area contributed by atoms with Gasteiger partial charge in [0.25, 0.3) is 0 Å². The molecule has 0 saturated carbocycles. The summed E-state index contributed by atoms with van der Waals surface area (Å²) in [5, 5.41) is 19.7. The minimum atomic E-state index is -0.595. The molecule has 0 saturated heterocycles. The number of anilines is 3. The molecule has 2 N–H and O–H groups in total. The number of aryl methyl sites for hydroxylation is 1. The maximum absolute atomic E-state index is 13.9. The van der Waals surface area contributed by atoms with E-state index in [1.54, 1.807) is 23.6 Å². The van der Waals surface area contributed by atoms with Crippen molar-refractivity contribution in [2.75, 3.05) is 10.6 Å². The second-order valence-electron chi connectivity index (χ2n) is 8.49. The average molecular weight is 520 g/mol. The number of nitrogen functional groups attached to an aromatic ring is 1. The monoisotopic (exact) mass is 519 g/mol. The first-order valence-electron chi connectivity index (χ1n) is 11.5. The Bertz CT molecular complexity index is 1570. The lowest BCUT2D eigenvalue weighted by Gasteiger charge is -2.32. The summed E-state index contributed by atoms with van der Waals surface area (Å²) in [6.45, 7) is 3.76. The van der Waals surface area contributed by atoms with Crippen LogP contribution in [0.2, 0.25) is 0 Å². The Hall–Kier alpha value is -4.24. The topological polar surface area (TPSA) is 107 Å². The zero-order chi connectivity index (χ0) is 26.1. The van der Waals surface area contributed by atoms with Crippen molar-refractivity contribution in [3.8, 4) is 23.3 Å². The van der Waals surface area contributed by atoms with Gasteiger partial charge in [-0.1, -0.05) is 77.6 Å². The summed E-state index contributed by atoms with van der Waals surface area (Å²) < 4.78 is 0. The first-order valence-corrected chi connectivity index (χ1v) is 13.2. The lowest BCUT2D eigenvalue weighted by Crippen LogP contribution is -2.34. The van der Waals surface area contributed by atoms with E-state index in [2.05, 4.69) is 17.1 Å². The molecule has 180 valence electrons. The van der Waals surface area contributed by atoms with E-state index in [0.29, 0.717) is 16.2 Å². The fraction of sp³-hybridized carbons (Fsp3) is 0.103. The molecule has 2 heterocycles. The number of amides is 1. The smallest absolute Gasteiger partial charge is 0.244 e. The van der Waals surface area contributed by atoms with Gasteiger partial charge in [-0.3, -0.25) is 9.69 Å². The van der Waals surface area contributed by atoms with Crippen molar-refractivity contribution < 1.29 is 4.79 Å². The van der Waals surface area contributed by atoms with E-state index in [1.807, 2.05) is 79.7 Å². The summed E-state index contributed by atoms with van der Waals surface area (Å²) in [6.07, 6.45) is 0. The molecule has 0 bridgehead atoms. The van der Waals surface area contributed by atoms with E-state index >= 15 is 0 Å². The fourth-order valence-electron chi connectivity index (χ4n) is 4.23. The molecule has 1 amide bonds. The van der Waals surface area contributed by atoms with Crippen LogP contribution in [0.1, 0.15) is 23.6 Å². The number of thioether (sulfide) groups is 1. The Morgan fingerprint density at radius 1 is 0.946 bits per heavy atom. The number of carbonyl (C=O) groups is 1. The van der Waals surface area contributed by atoms with Gasteiger partial charge in [0.2, 0.25) is 5.91 Å². The number of hydrogen-bond donors (Lipinski definition) is 1. The molecule has 3 aromatic carbocycles. The number of nitriles is 2. The molecular weight excluding hydrogens is 498 g/mol. The Balaban J connectivity index is 1.56. The third-order valence-electron chi connectivity index (χ3n) is 6.04. The molecule has 1 aliphatic rings. The predicted molar refractivity (Wildman–Crippen MR) is 148 cm³/mol. The predicted octanol–water partition coefficient (Wildman–Crippen LogP) is 6.69. The molecule has 8 heteroatoms. The molecular formula is C29H21N5OS2. The SMILES string of the molecule is Cc1ccc(-c2c(C#N)c(N)nc(SC(C)C(=O)N3c4ccccc4Sc4ccccc43)c2C#N)cc1. The second-order valence-corrected chi connectivity index (χ2v) is 10.9. The zero-order valence-corrected chi connectivity index (χ0v) is 21.7. The Morgan fingerprint density at radius 2 is 1.51 bits per heavy atom. The highest BCUT2D eigenvalue weighted by Gasteiger charge is 2.32. The standard InChI is InChI=1S/C29H21N5OS2/c1-17-11-13-19(14-12-17)26-20(15-30)27(32)33-28(21(26)16-31)36-18(2)29(35)34-22-7-3-5-9-24(22)37-25-10-6-4-8-23(25)34/h3-14,18H,1-2H3,(H2,32,33). The molecule has 0 spiro atoms. The summed E-state index contributed by atoms with van der Waals surface area (Å²) in [4.78, 5) is 22.0. The quantitative estimate of drug-likeness (QED) is 0.299. The van der Waals surface area contributed by atoms with Gasteiger partial charge in [-0.15, -0.1) is 0 Å². The lowest BCUT2D eigenvalue weighted by molar-refractivity contribution is -0.117. The Labute approximate surface area is 223 Å². The van der Waals surface area contributed by atoms with Crippen LogP contribution in [0.25, 0.3) is 11.1 Å². The summed E-state index contributed by atoms with van der Waals surface area (Å²) in [5.74, 6) is -0.111. The van der Waals surface area contributed by atoms with E-state index in [1.165, 1.54) is 11.8 Å². The molecule has 0 aliphatic carbocycles. The van der Waals surface area contributed by atoms with Gasteiger partial charge in [0.15, 0.2) is 0 Å². The third kappa shape index (κ3) is 4.42. The maximum atomic E-state index is 13.9. The number of carbonyl (C=O) groups excluding carboxylic acids is 1. The molecule has 0 fully saturated rings. The van der Waals surface area contributed by atoms with E-state index < -0.39 is 5.25 Å². The number of fused-ring (bicyclic) bond motifs is 2. The van der Waals surface area contributed by atoms with Crippen LogP contribution in [-0.2, 0) is 4.79 Å². The highest BCUT2D eigenvalue weighted by atomic mass is 32.2. The Kier molecular flexibility index (Phi) is 6.62. The average Bonchev–Trinajstić information content (AvgIpc) is 2.91. The first kappa shape index (κ1) is 24.5. The number of hydrogen-bond acceptors (Lipinski definition) is 7. The van der Waals surface area contributed by atoms with Crippen LogP contribution in [0.3, 0.4) is 0 Å². The van der Waals surface area contributed by atoms with Crippen molar-refractivity contribution in [1.29, 1.82) is 10.5 Å². The van der Waals surface area contributed by atoms with E-state index in [0.717, 1.165) is 26.7 Å². The number of nitrogens with zero attached hydrogens (tertiary/aromatic N) is 4. The molecule has 1 atom stereocenters. The van der Waals surface area contributed by atoms with Gasteiger partial charge in [0.1, 0.15) is 28.5 Å². The van der Waals surface area contributed by atoms with Crippen molar-refractivity contribution in [3.05, 3.63) is 89.5 Å². The number of rotatable bonds is 4. The maximum Gasteiger partial charge on any atom is 0.244 e. The van der Waals surface area contributed by atoms with Gasteiger partial charge in [0, 0.05) is 15.4 Å². The summed E-state index contributed by atoms with van der Waals surface area (Å²) >= 11 is 2.80. The minimum Gasteiger partial charge on any atom is -0.383 e. The zero-order valence-electron chi connectivity index (χ0n) is 20.1. The van der Waals surface area contributed by atoms with E-state index in [9.17, 15) is 15.3 Å². The third-order valence-corrected chi connectivity index (χ3v) is 8.25. The highest BCUT2D eigenvalue weighted by Crippen LogP contribution is 2.49. The molecule has 1 aromatic heterocycles. The number of pyridine rings is 1. The van der Waals surface area contributed by atoms with E-state index in [4.69, 9.17) is 5.73 Å². The van der Waals surface area contributed by atoms with Crippen LogP contribution in [0.5, 0.6) is 0 Å². The van der Waals surface area contributed by atoms with Gasteiger partial charge in [0.05, 0.1) is 22.2 Å². The second kappa shape index (κ2) is 10.0. The highest BCUT2D eigenvalue weighted by molar-refractivity contribution is 8.00. The van der Waals surface area contributed by atoms with Crippen LogP contribution in [-0.4, -0.2) is 16.1 Å². The van der Waals surface area contributed by atoms with Gasteiger partial charge in [-0.25, -0.2) is 4.98 Å². The summed E-state index contributed by atoms with van der Waals surface area (Å²) in [5.41, 5.74) is 10.4. The van der Waals surface area contributed by atoms with Crippen molar-refractivity contribution in [1.82, 2.24) is 4.98 Å². The number of benzene rings is 3. The molecule has 4 aromatic rings. The largest absolute Gasteiger partial charge is 0.383 e. The van der Waals surface area contributed by atoms with Gasteiger partial charge < -0.3 is 5.73 Å². The van der Waals surface area contributed by atoms with Crippen LogP contribution < -0.4 is 10.6 Å². The van der Waals surface area contributed by atoms with Crippen LogP contribution in [0, 0.1) is 29.6 Å². The molecule has 1 aliphatic heterocycles. The lowest BCUT2D eigenvalue weighted by atomic mass is 9.96. The molecule has 0 radical (unpaired) electrons. The van der Waals surface area contributed by atoms with Gasteiger partial charge >= 0.3 is 0 Å². The molecule has 37 heavy (non-hydrogen) atoms. The Morgan fingerprint density at radius 3 is 2.08 bits per heavy atom. The van der Waals surface area contributed by atoms with Gasteiger partial charge in [-0.05, 0) is 43.7 Å². The fourth-order valence-corrected chi connectivity index (χ4v) is 6.25. The minimum absolute atomic E-state index is 0.0317. The van der Waals surface area contributed by atoms with Crippen LogP contribution in [0.15, 0.2) is 87.6 Å². The van der Waals surface area contributed by atoms with Crippen molar-refractivity contribution in [2.24, 2.45) is 0 Å². The number of nitrogens with two attached hydrogens (primary N) is 1. The number of para-hydroxylation sites is 2. The van der Waals surface area contributed by atoms with Crippen molar-refractivity contribution in [3.63, 3.8) is 0 Å². The molecule has 1 unspecified atom stereocenters. The van der Waals surface area contributed by atoms with Crippen molar-refractivity contribution in [2.45, 2.75) is 33.9 Å². The summed E-state index contributed by atoms with van der Waals surface area (Å²) in [7, 11) is 0.